The number of carbonyl (C=O) groups is 1. The summed E-state index contributed by atoms with van der Waals surface area (Å²) in [5, 5.41) is 3.45. The summed E-state index contributed by atoms with van der Waals surface area (Å²) >= 11 is 0. The normalized spacial score (nSPS) is 28.4. The van der Waals surface area contributed by atoms with Crippen molar-refractivity contribution in [3.63, 3.8) is 0 Å². The summed E-state index contributed by atoms with van der Waals surface area (Å²) in [5.74, 6) is -1.18. The zero-order valence-electron chi connectivity index (χ0n) is 12.4. The number of esters is 1. The first-order chi connectivity index (χ1) is 10.1. The quantitative estimate of drug-likeness (QED) is 0.870. The number of halogens is 1. The summed E-state index contributed by atoms with van der Waals surface area (Å²) < 4.78 is 18.2. The van der Waals surface area contributed by atoms with Gasteiger partial charge in [-0.15, -0.1) is 0 Å². The van der Waals surface area contributed by atoms with E-state index < -0.39 is 11.8 Å². The van der Waals surface area contributed by atoms with Gasteiger partial charge in [0.25, 0.3) is 0 Å². The Balaban J connectivity index is 1.72. The van der Waals surface area contributed by atoms with Crippen LogP contribution in [0.3, 0.4) is 0 Å². The van der Waals surface area contributed by atoms with Crippen LogP contribution in [0.25, 0.3) is 0 Å². The van der Waals surface area contributed by atoms with Crippen LogP contribution in [-0.4, -0.2) is 43.2 Å². The molecule has 2 fully saturated rings. The van der Waals surface area contributed by atoms with E-state index in [-0.39, 0.29) is 5.56 Å². The number of anilines is 1. The molecular formula is C16H21FN2O2. The maximum atomic E-state index is 13.6. The van der Waals surface area contributed by atoms with Gasteiger partial charge in [-0.05, 0) is 50.9 Å². The second kappa shape index (κ2) is 5.64. The summed E-state index contributed by atoms with van der Waals surface area (Å²) in [4.78, 5) is 14.0. The lowest BCUT2D eigenvalue weighted by Gasteiger charge is -2.37. The fraction of sp³-hybridized carbons (Fsp3) is 0.562. The lowest BCUT2D eigenvalue weighted by Crippen LogP contribution is -2.44. The molecule has 2 unspecified atom stereocenters. The largest absolute Gasteiger partial charge is 0.465 e. The van der Waals surface area contributed by atoms with Crippen LogP contribution in [0.5, 0.6) is 0 Å². The molecule has 2 atom stereocenters. The van der Waals surface area contributed by atoms with E-state index in [9.17, 15) is 9.18 Å². The highest BCUT2D eigenvalue weighted by Gasteiger charge is 2.38. The van der Waals surface area contributed by atoms with Crippen molar-refractivity contribution in [2.24, 2.45) is 0 Å². The molecule has 1 N–H and O–H groups in total. The predicted octanol–water partition coefficient (Wildman–Crippen LogP) is 2.65. The van der Waals surface area contributed by atoms with Crippen LogP contribution in [0.2, 0.25) is 0 Å². The summed E-state index contributed by atoms with van der Waals surface area (Å²) in [6.07, 6.45) is 4.71. The van der Waals surface area contributed by atoms with Crippen LogP contribution < -0.4 is 5.32 Å². The molecule has 3 rings (SSSR count). The van der Waals surface area contributed by atoms with Crippen LogP contribution in [0.1, 0.15) is 36.0 Å². The van der Waals surface area contributed by atoms with E-state index in [0.29, 0.717) is 18.1 Å². The third-order valence-corrected chi connectivity index (χ3v) is 4.84. The van der Waals surface area contributed by atoms with Crippen LogP contribution in [0.15, 0.2) is 18.2 Å². The van der Waals surface area contributed by atoms with Gasteiger partial charge in [0.05, 0.1) is 12.7 Å². The SMILES string of the molecule is COC(=O)c1cc(NC2CC3CCC(C2)N3C)ccc1F. The number of nitrogens with zero attached hydrogens (tertiary/aromatic N) is 1. The molecule has 1 aromatic rings. The van der Waals surface area contributed by atoms with Crippen molar-refractivity contribution in [2.75, 3.05) is 19.5 Å². The minimum atomic E-state index is -0.639. The van der Waals surface area contributed by atoms with E-state index in [2.05, 4.69) is 22.0 Å². The second-order valence-electron chi connectivity index (χ2n) is 6.05. The maximum Gasteiger partial charge on any atom is 0.340 e. The summed E-state index contributed by atoms with van der Waals surface area (Å²) in [6, 6.07) is 6.21. The molecule has 114 valence electrons. The van der Waals surface area contributed by atoms with Gasteiger partial charge in [0.2, 0.25) is 0 Å². The lowest BCUT2D eigenvalue weighted by atomic mass is 9.97. The van der Waals surface area contributed by atoms with Gasteiger partial charge in [-0.3, -0.25) is 0 Å². The standard InChI is InChI=1S/C16H21FN2O2/c1-19-12-4-5-13(19)8-11(7-12)18-10-3-6-15(17)14(9-10)16(20)21-2/h3,6,9,11-13,18H,4-5,7-8H2,1-2H3. The van der Waals surface area contributed by atoms with Crippen LogP contribution in [-0.2, 0) is 4.74 Å². The molecule has 2 aliphatic heterocycles. The third kappa shape index (κ3) is 2.75. The van der Waals surface area contributed by atoms with Gasteiger partial charge in [0.15, 0.2) is 0 Å². The number of methoxy groups -OCH3 is 1. The first-order valence-electron chi connectivity index (χ1n) is 7.45. The van der Waals surface area contributed by atoms with Crippen molar-refractivity contribution >= 4 is 11.7 Å². The molecule has 0 aromatic heterocycles. The number of hydrogen-bond donors (Lipinski definition) is 1. The molecule has 2 aliphatic rings. The van der Waals surface area contributed by atoms with Gasteiger partial charge >= 0.3 is 5.97 Å². The molecule has 21 heavy (non-hydrogen) atoms. The van der Waals surface area contributed by atoms with E-state index in [4.69, 9.17) is 0 Å². The molecule has 0 radical (unpaired) electrons. The highest BCUT2D eigenvalue weighted by molar-refractivity contribution is 5.90. The van der Waals surface area contributed by atoms with Crippen LogP contribution >= 0.6 is 0 Å². The van der Waals surface area contributed by atoms with Crippen molar-refractivity contribution in [1.82, 2.24) is 4.90 Å². The van der Waals surface area contributed by atoms with Crippen molar-refractivity contribution in [3.05, 3.63) is 29.6 Å². The van der Waals surface area contributed by atoms with Crippen LogP contribution in [0, 0.1) is 5.82 Å². The number of ether oxygens (including phenoxy) is 1. The highest BCUT2D eigenvalue weighted by Crippen LogP contribution is 2.35. The van der Waals surface area contributed by atoms with Crippen molar-refractivity contribution < 1.29 is 13.9 Å². The van der Waals surface area contributed by atoms with Gasteiger partial charge in [-0.1, -0.05) is 0 Å². The zero-order valence-corrected chi connectivity index (χ0v) is 12.4. The fourth-order valence-electron chi connectivity index (χ4n) is 3.65. The van der Waals surface area contributed by atoms with E-state index in [1.165, 1.54) is 26.0 Å². The Hall–Kier alpha value is -1.62. The number of hydrogen-bond acceptors (Lipinski definition) is 4. The molecule has 0 spiro atoms. The average molecular weight is 292 g/mol. The molecule has 5 heteroatoms. The number of piperidine rings is 1. The molecule has 2 saturated heterocycles. The average Bonchev–Trinajstić information content (AvgIpc) is 2.71. The third-order valence-electron chi connectivity index (χ3n) is 4.84. The highest BCUT2D eigenvalue weighted by atomic mass is 19.1. The van der Waals surface area contributed by atoms with Gasteiger partial charge in [-0.2, -0.15) is 0 Å². The zero-order chi connectivity index (χ0) is 15.0. The topological polar surface area (TPSA) is 41.6 Å². The Morgan fingerprint density at radius 3 is 2.62 bits per heavy atom. The fourth-order valence-corrected chi connectivity index (χ4v) is 3.65. The molecule has 2 heterocycles. The van der Waals surface area contributed by atoms with Crippen molar-refractivity contribution in [1.29, 1.82) is 0 Å². The Morgan fingerprint density at radius 1 is 1.33 bits per heavy atom. The van der Waals surface area contributed by atoms with E-state index in [0.717, 1.165) is 18.5 Å². The van der Waals surface area contributed by atoms with Crippen molar-refractivity contribution in [2.45, 2.75) is 43.8 Å². The molecule has 0 amide bonds. The van der Waals surface area contributed by atoms with Crippen molar-refractivity contribution in [3.8, 4) is 0 Å². The van der Waals surface area contributed by atoms with Gasteiger partial charge < -0.3 is 15.0 Å². The maximum absolute atomic E-state index is 13.6. The van der Waals surface area contributed by atoms with E-state index >= 15 is 0 Å². The Kier molecular flexibility index (Phi) is 3.85. The number of carbonyl (C=O) groups excluding carboxylic acids is 1. The Morgan fingerprint density at radius 2 is 2.00 bits per heavy atom. The molecule has 4 nitrogen and oxygen atoms in total. The minimum absolute atomic E-state index is 0.0154. The summed E-state index contributed by atoms with van der Waals surface area (Å²) in [5.41, 5.74) is 0.768. The van der Waals surface area contributed by atoms with Gasteiger partial charge in [-0.25, -0.2) is 9.18 Å². The number of nitrogens with one attached hydrogen (secondary N) is 1. The van der Waals surface area contributed by atoms with E-state index in [1.54, 1.807) is 12.1 Å². The predicted molar refractivity (Wildman–Crippen MR) is 79.0 cm³/mol. The first kappa shape index (κ1) is 14.3. The Labute approximate surface area is 124 Å². The smallest absolute Gasteiger partial charge is 0.340 e. The minimum Gasteiger partial charge on any atom is -0.465 e. The number of benzene rings is 1. The molecule has 0 saturated carbocycles. The monoisotopic (exact) mass is 292 g/mol. The van der Waals surface area contributed by atoms with Gasteiger partial charge in [0, 0.05) is 23.8 Å². The number of fused-ring (bicyclic) bond motifs is 2. The van der Waals surface area contributed by atoms with Crippen LogP contribution in [0.4, 0.5) is 10.1 Å². The first-order valence-corrected chi connectivity index (χ1v) is 7.45. The second-order valence-corrected chi connectivity index (χ2v) is 6.05. The lowest BCUT2D eigenvalue weighted by molar-refractivity contribution is 0.0595. The molecule has 0 aliphatic carbocycles. The molecule has 1 aromatic carbocycles. The summed E-state index contributed by atoms with van der Waals surface area (Å²) in [6.45, 7) is 0. The van der Waals surface area contributed by atoms with Gasteiger partial charge in [0.1, 0.15) is 5.82 Å². The Bertz CT molecular complexity index is 535. The van der Waals surface area contributed by atoms with E-state index in [1.807, 2.05) is 0 Å². The summed E-state index contributed by atoms with van der Waals surface area (Å²) in [7, 11) is 3.46. The molecule has 2 bridgehead atoms. The number of rotatable bonds is 3. The molecular weight excluding hydrogens is 271 g/mol.